The molecule has 1 saturated heterocycles. The second-order valence-corrected chi connectivity index (χ2v) is 5.90. The number of nitrogens with one attached hydrogen (secondary N) is 1. The SMILES string of the molecule is CN(CCn1cccn1)C(=O)C1CC12CCNCC2.Cl.Cl. The molecule has 1 aliphatic heterocycles. The summed E-state index contributed by atoms with van der Waals surface area (Å²) in [6.45, 7) is 3.66. The van der Waals surface area contributed by atoms with Crippen molar-refractivity contribution < 1.29 is 4.79 Å². The minimum absolute atomic E-state index is 0. The van der Waals surface area contributed by atoms with Gasteiger partial charge in [-0.25, -0.2) is 0 Å². The highest BCUT2D eigenvalue weighted by Gasteiger charge is 2.58. The zero-order valence-electron chi connectivity index (χ0n) is 12.3. The minimum Gasteiger partial charge on any atom is -0.344 e. The zero-order valence-corrected chi connectivity index (χ0v) is 14.0. The van der Waals surface area contributed by atoms with E-state index in [-0.39, 0.29) is 30.7 Å². The summed E-state index contributed by atoms with van der Waals surface area (Å²) >= 11 is 0. The molecule has 1 unspecified atom stereocenters. The molecule has 1 saturated carbocycles. The summed E-state index contributed by atoms with van der Waals surface area (Å²) in [5, 5.41) is 7.54. The molecule has 1 aliphatic carbocycles. The molecule has 1 N–H and O–H groups in total. The smallest absolute Gasteiger partial charge is 0.226 e. The number of carbonyl (C=O) groups excluding carboxylic acids is 1. The number of piperidine rings is 1. The van der Waals surface area contributed by atoms with Gasteiger partial charge in [0.2, 0.25) is 5.91 Å². The average molecular weight is 335 g/mol. The summed E-state index contributed by atoms with van der Waals surface area (Å²) in [6.07, 6.45) is 7.13. The lowest BCUT2D eigenvalue weighted by molar-refractivity contribution is -0.132. The van der Waals surface area contributed by atoms with Crippen LogP contribution in [0.1, 0.15) is 19.3 Å². The Hall–Kier alpha value is -0.780. The molecule has 1 aromatic rings. The number of halogens is 2. The Morgan fingerprint density at radius 3 is 2.76 bits per heavy atom. The molecule has 2 aliphatic rings. The summed E-state index contributed by atoms with van der Waals surface area (Å²) in [5.74, 6) is 0.603. The fraction of sp³-hybridized carbons (Fsp3) is 0.714. The number of amides is 1. The van der Waals surface area contributed by atoms with Crippen molar-refractivity contribution in [2.45, 2.75) is 25.8 Å². The molecule has 5 nitrogen and oxygen atoms in total. The van der Waals surface area contributed by atoms with Gasteiger partial charge < -0.3 is 10.2 Å². The number of likely N-dealkylation sites (N-methyl/N-ethyl adjacent to an activating group) is 1. The van der Waals surface area contributed by atoms with Gasteiger partial charge in [0.25, 0.3) is 0 Å². The van der Waals surface area contributed by atoms with Crippen LogP contribution >= 0.6 is 24.8 Å². The van der Waals surface area contributed by atoms with Crippen LogP contribution in [0.25, 0.3) is 0 Å². The zero-order chi connectivity index (χ0) is 13.3. The van der Waals surface area contributed by atoms with Crippen LogP contribution in [-0.4, -0.2) is 47.3 Å². The van der Waals surface area contributed by atoms with Crippen molar-refractivity contribution in [2.24, 2.45) is 11.3 Å². The number of hydrogen-bond donors (Lipinski definition) is 1. The molecule has 0 radical (unpaired) electrons. The van der Waals surface area contributed by atoms with E-state index in [1.165, 1.54) is 0 Å². The quantitative estimate of drug-likeness (QED) is 0.909. The molecule has 120 valence electrons. The van der Waals surface area contributed by atoms with E-state index in [4.69, 9.17) is 0 Å². The van der Waals surface area contributed by atoms with Crippen molar-refractivity contribution >= 4 is 30.7 Å². The molecule has 3 rings (SSSR count). The second kappa shape index (κ2) is 7.47. The fourth-order valence-electron chi connectivity index (χ4n) is 3.24. The molecule has 1 atom stereocenters. The standard InChI is InChI=1S/C14H22N4O.2ClH/c1-17(9-10-18-8-2-5-16-18)13(19)12-11-14(12)3-6-15-7-4-14;;/h2,5,8,12,15H,3-4,6-7,9-11H2,1H3;2*1H. The van der Waals surface area contributed by atoms with Crippen LogP contribution in [0, 0.1) is 11.3 Å². The van der Waals surface area contributed by atoms with E-state index in [1.54, 1.807) is 6.20 Å². The topological polar surface area (TPSA) is 50.2 Å². The van der Waals surface area contributed by atoms with Crippen LogP contribution in [0.5, 0.6) is 0 Å². The molecule has 2 heterocycles. The molecule has 0 bridgehead atoms. The van der Waals surface area contributed by atoms with Crippen molar-refractivity contribution in [3.8, 4) is 0 Å². The summed E-state index contributed by atoms with van der Waals surface area (Å²) in [6, 6.07) is 1.91. The highest BCUT2D eigenvalue weighted by molar-refractivity contribution is 5.85. The van der Waals surface area contributed by atoms with E-state index >= 15 is 0 Å². The van der Waals surface area contributed by atoms with Crippen LogP contribution in [-0.2, 0) is 11.3 Å². The lowest BCUT2D eigenvalue weighted by Gasteiger charge is -2.25. The first-order valence-corrected chi connectivity index (χ1v) is 7.14. The summed E-state index contributed by atoms with van der Waals surface area (Å²) in [5.41, 5.74) is 0.336. The van der Waals surface area contributed by atoms with Crippen molar-refractivity contribution in [1.29, 1.82) is 0 Å². The molecule has 1 amide bonds. The van der Waals surface area contributed by atoms with E-state index in [9.17, 15) is 4.79 Å². The van der Waals surface area contributed by atoms with Gasteiger partial charge >= 0.3 is 0 Å². The number of aromatic nitrogens is 2. The van der Waals surface area contributed by atoms with E-state index in [1.807, 2.05) is 28.9 Å². The lowest BCUT2D eigenvalue weighted by Crippen LogP contribution is -2.36. The fourth-order valence-corrected chi connectivity index (χ4v) is 3.24. The summed E-state index contributed by atoms with van der Waals surface area (Å²) < 4.78 is 1.87. The van der Waals surface area contributed by atoms with Gasteiger partial charge in [-0.15, -0.1) is 24.8 Å². The Kier molecular flexibility index (Phi) is 6.50. The Labute approximate surface area is 138 Å². The predicted molar refractivity (Wildman–Crippen MR) is 87.0 cm³/mol. The van der Waals surface area contributed by atoms with Crippen molar-refractivity contribution in [2.75, 3.05) is 26.7 Å². The van der Waals surface area contributed by atoms with E-state index in [2.05, 4.69) is 10.4 Å². The number of nitrogens with zero attached hydrogens (tertiary/aromatic N) is 3. The maximum absolute atomic E-state index is 12.4. The molecule has 0 aromatic carbocycles. The third-order valence-electron chi connectivity index (χ3n) is 4.69. The maximum Gasteiger partial charge on any atom is 0.226 e. The molecular weight excluding hydrogens is 311 g/mol. The number of rotatable bonds is 4. The van der Waals surface area contributed by atoms with Crippen molar-refractivity contribution in [3.63, 3.8) is 0 Å². The largest absolute Gasteiger partial charge is 0.344 e. The van der Waals surface area contributed by atoms with Gasteiger partial charge in [0.1, 0.15) is 0 Å². The van der Waals surface area contributed by atoms with Crippen LogP contribution in [0.3, 0.4) is 0 Å². The Bertz CT molecular complexity index is 446. The Morgan fingerprint density at radius 1 is 1.43 bits per heavy atom. The Morgan fingerprint density at radius 2 is 2.14 bits per heavy atom. The molecule has 21 heavy (non-hydrogen) atoms. The van der Waals surface area contributed by atoms with Crippen LogP contribution in [0.4, 0.5) is 0 Å². The minimum atomic E-state index is 0. The molecule has 2 fully saturated rings. The summed E-state index contributed by atoms with van der Waals surface area (Å²) in [7, 11) is 1.92. The van der Waals surface area contributed by atoms with Gasteiger partial charge in [0.15, 0.2) is 0 Å². The second-order valence-electron chi connectivity index (χ2n) is 5.90. The van der Waals surface area contributed by atoms with Gasteiger partial charge in [-0.05, 0) is 43.8 Å². The van der Waals surface area contributed by atoms with E-state index in [0.717, 1.165) is 45.4 Å². The van der Waals surface area contributed by atoms with Crippen LogP contribution in [0.2, 0.25) is 0 Å². The Balaban J connectivity index is 0.00000110. The normalized spacial score (nSPS) is 22.0. The molecule has 1 aromatic heterocycles. The highest BCUT2D eigenvalue weighted by Crippen LogP contribution is 2.59. The predicted octanol–water partition coefficient (Wildman–Crippen LogP) is 1.57. The molecule has 1 spiro atoms. The number of hydrogen-bond acceptors (Lipinski definition) is 3. The van der Waals surface area contributed by atoms with Gasteiger partial charge in [-0.3, -0.25) is 9.48 Å². The average Bonchev–Trinajstić information content (AvgIpc) is 2.90. The lowest BCUT2D eigenvalue weighted by atomic mass is 9.91. The van der Waals surface area contributed by atoms with E-state index < -0.39 is 0 Å². The highest BCUT2D eigenvalue weighted by atomic mass is 35.5. The van der Waals surface area contributed by atoms with Gasteiger partial charge in [0.05, 0.1) is 6.54 Å². The summed E-state index contributed by atoms with van der Waals surface area (Å²) in [4.78, 5) is 14.3. The van der Waals surface area contributed by atoms with Gasteiger partial charge in [-0.2, -0.15) is 5.10 Å². The number of carbonyl (C=O) groups is 1. The van der Waals surface area contributed by atoms with Crippen molar-refractivity contribution in [1.82, 2.24) is 20.0 Å². The first kappa shape index (κ1) is 18.3. The van der Waals surface area contributed by atoms with Crippen molar-refractivity contribution in [3.05, 3.63) is 18.5 Å². The first-order valence-electron chi connectivity index (χ1n) is 7.14. The monoisotopic (exact) mass is 334 g/mol. The van der Waals surface area contributed by atoms with E-state index in [0.29, 0.717) is 11.3 Å². The molecular formula is C14H24Cl2N4O. The van der Waals surface area contributed by atoms with Crippen LogP contribution < -0.4 is 5.32 Å². The maximum atomic E-state index is 12.4. The van der Waals surface area contributed by atoms with Gasteiger partial charge in [-0.1, -0.05) is 0 Å². The van der Waals surface area contributed by atoms with Gasteiger partial charge in [0, 0.05) is 31.9 Å². The first-order chi connectivity index (χ1) is 9.21. The molecule has 7 heteroatoms. The van der Waals surface area contributed by atoms with Crippen LogP contribution in [0.15, 0.2) is 18.5 Å². The third kappa shape index (κ3) is 3.90. The third-order valence-corrected chi connectivity index (χ3v) is 4.69.